The van der Waals surface area contributed by atoms with E-state index >= 15 is 0 Å². The average molecular weight is 273 g/mol. The van der Waals surface area contributed by atoms with Crippen LogP contribution in [0.1, 0.15) is 19.3 Å². The lowest BCUT2D eigenvalue weighted by Gasteiger charge is -2.06. The first-order valence-corrected chi connectivity index (χ1v) is 6.65. The van der Waals surface area contributed by atoms with Gasteiger partial charge in [-0.2, -0.15) is 0 Å². The Morgan fingerprint density at radius 3 is 2.65 bits per heavy atom. The highest BCUT2D eigenvalue weighted by molar-refractivity contribution is 5.90. The summed E-state index contributed by atoms with van der Waals surface area (Å²) in [5.41, 5.74) is 7.15. The maximum absolute atomic E-state index is 11.7. The van der Waals surface area contributed by atoms with Crippen LogP contribution in [0.2, 0.25) is 0 Å². The van der Waals surface area contributed by atoms with E-state index in [-0.39, 0.29) is 5.91 Å². The molecule has 0 aliphatic rings. The van der Waals surface area contributed by atoms with Crippen LogP contribution in [0, 0.1) is 0 Å². The van der Waals surface area contributed by atoms with Gasteiger partial charge in [0, 0.05) is 24.7 Å². The maximum Gasteiger partial charge on any atom is 0.224 e. The summed E-state index contributed by atoms with van der Waals surface area (Å²) >= 11 is 0. The van der Waals surface area contributed by atoms with Gasteiger partial charge in [-0.25, -0.2) is 0 Å². The van der Waals surface area contributed by atoms with Gasteiger partial charge in [-0.1, -0.05) is 0 Å². The van der Waals surface area contributed by atoms with Crippen molar-refractivity contribution < 1.29 is 4.79 Å². The molecule has 0 saturated carbocycles. The summed E-state index contributed by atoms with van der Waals surface area (Å²) in [6, 6.07) is 7.56. The van der Waals surface area contributed by atoms with Gasteiger partial charge in [0.15, 0.2) is 5.82 Å². The molecule has 0 unspecified atom stereocenters. The molecule has 0 spiro atoms. The predicted octanol–water partition coefficient (Wildman–Crippen LogP) is 1.55. The summed E-state index contributed by atoms with van der Waals surface area (Å²) in [4.78, 5) is 11.7. The number of amides is 1. The van der Waals surface area contributed by atoms with E-state index in [1.807, 2.05) is 35.9 Å². The summed E-state index contributed by atoms with van der Waals surface area (Å²) in [7, 11) is 1.89. The zero-order valence-corrected chi connectivity index (χ0v) is 11.5. The lowest BCUT2D eigenvalue weighted by atomic mass is 10.2. The van der Waals surface area contributed by atoms with Gasteiger partial charge in [-0.05, 0) is 43.7 Å². The van der Waals surface area contributed by atoms with Crippen molar-refractivity contribution in [3.05, 3.63) is 30.6 Å². The van der Waals surface area contributed by atoms with E-state index in [0.717, 1.165) is 29.9 Å². The van der Waals surface area contributed by atoms with Crippen LogP contribution in [0.3, 0.4) is 0 Å². The summed E-state index contributed by atoms with van der Waals surface area (Å²) in [5.74, 6) is 0.815. The van der Waals surface area contributed by atoms with Gasteiger partial charge in [0.1, 0.15) is 6.33 Å². The molecule has 1 heterocycles. The molecule has 6 heteroatoms. The van der Waals surface area contributed by atoms with Gasteiger partial charge in [0.05, 0.1) is 0 Å². The molecule has 1 amide bonds. The highest BCUT2D eigenvalue weighted by Crippen LogP contribution is 2.18. The van der Waals surface area contributed by atoms with Crippen LogP contribution in [0.15, 0.2) is 30.6 Å². The summed E-state index contributed by atoms with van der Waals surface area (Å²) in [6.45, 7) is 0.625. The first-order valence-electron chi connectivity index (χ1n) is 6.65. The SMILES string of the molecule is Cn1cnnc1-c1ccc(NC(=O)CCCCN)cc1. The maximum atomic E-state index is 11.7. The normalized spacial score (nSPS) is 10.5. The number of hydrogen-bond donors (Lipinski definition) is 2. The van der Waals surface area contributed by atoms with Crippen LogP contribution >= 0.6 is 0 Å². The minimum atomic E-state index is 0.0184. The van der Waals surface area contributed by atoms with E-state index in [4.69, 9.17) is 5.73 Å². The van der Waals surface area contributed by atoms with Crippen molar-refractivity contribution in [3.63, 3.8) is 0 Å². The largest absolute Gasteiger partial charge is 0.330 e. The highest BCUT2D eigenvalue weighted by atomic mass is 16.1. The molecule has 2 rings (SSSR count). The highest BCUT2D eigenvalue weighted by Gasteiger charge is 2.05. The van der Waals surface area contributed by atoms with Crippen LogP contribution in [-0.4, -0.2) is 27.2 Å². The number of carbonyl (C=O) groups is 1. The van der Waals surface area contributed by atoms with Crippen LogP contribution in [0.5, 0.6) is 0 Å². The minimum Gasteiger partial charge on any atom is -0.330 e. The molecule has 0 fully saturated rings. The standard InChI is InChI=1S/C14H19N5O/c1-19-10-16-18-14(19)11-5-7-12(8-6-11)17-13(20)4-2-3-9-15/h5-8,10H,2-4,9,15H2,1H3,(H,17,20). The number of benzene rings is 1. The van der Waals surface area contributed by atoms with Crippen LogP contribution in [0.4, 0.5) is 5.69 Å². The Labute approximate surface area is 118 Å². The lowest BCUT2D eigenvalue weighted by Crippen LogP contribution is -2.11. The Kier molecular flexibility index (Phi) is 4.84. The van der Waals surface area contributed by atoms with Crippen molar-refractivity contribution in [3.8, 4) is 11.4 Å². The van der Waals surface area contributed by atoms with Gasteiger partial charge >= 0.3 is 0 Å². The summed E-state index contributed by atoms with van der Waals surface area (Å²) in [5, 5.41) is 10.7. The number of aromatic nitrogens is 3. The monoisotopic (exact) mass is 273 g/mol. The molecule has 1 aromatic carbocycles. The van der Waals surface area contributed by atoms with E-state index in [1.54, 1.807) is 6.33 Å². The van der Waals surface area contributed by atoms with E-state index in [0.29, 0.717) is 13.0 Å². The molecule has 0 radical (unpaired) electrons. The molecule has 0 aliphatic carbocycles. The topological polar surface area (TPSA) is 85.8 Å². The van der Waals surface area contributed by atoms with Crippen molar-refractivity contribution in [2.45, 2.75) is 19.3 Å². The Balaban J connectivity index is 1.95. The number of nitrogens with two attached hydrogens (primary N) is 1. The van der Waals surface area contributed by atoms with E-state index in [9.17, 15) is 4.79 Å². The molecule has 1 aromatic heterocycles. The molecule has 106 valence electrons. The smallest absolute Gasteiger partial charge is 0.224 e. The second-order valence-corrected chi connectivity index (χ2v) is 4.64. The third-order valence-corrected chi connectivity index (χ3v) is 3.00. The van der Waals surface area contributed by atoms with Crippen molar-refractivity contribution in [2.75, 3.05) is 11.9 Å². The summed E-state index contributed by atoms with van der Waals surface area (Å²) in [6.07, 6.45) is 3.85. The molecule has 0 saturated heterocycles. The Morgan fingerprint density at radius 1 is 1.30 bits per heavy atom. The fourth-order valence-corrected chi connectivity index (χ4v) is 1.90. The van der Waals surface area contributed by atoms with Crippen molar-refractivity contribution in [2.24, 2.45) is 12.8 Å². The van der Waals surface area contributed by atoms with Gasteiger partial charge in [-0.15, -0.1) is 10.2 Å². The van der Waals surface area contributed by atoms with Gasteiger partial charge in [-0.3, -0.25) is 4.79 Å². The molecule has 2 aromatic rings. The Morgan fingerprint density at radius 2 is 2.05 bits per heavy atom. The van der Waals surface area contributed by atoms with Crippen molar-refractivity contribution in [1.29, 1.82) is 0 Å². The molecular weight excluding hydrogens is 254 g/mol. The average Bonchev–Trinajstić information content (AvgIpc) is 2.86. The van der Waals surface area contributed by atoms with Gasteiger partial charge < -0.3 is 15.6 Å². The van der Waals surface area contributed by atoms with Crippen LogP contribution in [0.25, 0.3) is 11.4 Å². The lowest BCUT2D eigenvalue weighted by molar-refractivity contribution is -0.116. The molecule has 0 aliphatic heterocycles. The fourth-order valence-electron chi connectivity index (χ4n) is 1.90. The number of rotatable bonds is 6. The number of nitrogens with zero attached hydrogens (tertiary/aromatic N) is 3. The van der Waals surface area contributed by atoms with E-state index in [2.05, 4.69) is 15.5 Å². The zero-order chi connectivity index (χ0) is 14.4. The number of aryl methyl sites for hydroxylation is 1. The molecule has 20 heavy (non-hydrogen) atoms. The van der Waals surface area contributed by atoms with E-state index < -0.39 is 0 Å². The molecule has 3 N–H and O–H groups in total. The Bertz CT molecular complexity index is 561. The van der Waals surface area contributed by atoms with Crippen molar-refractivity contribution in [1.82, 2.24) is 14.8 Å². The third kappa shape index (κ3) is 3.64. The van der Waals surface area contributed by atoms with Gasteiger partial charge in [0.2, 0.25) is 5.91 Å². The quantitative estimate of drug-likeness (QED) is 0.782. The van der Waals surface area contributed by atoms with Crippen LogP contribution in [-0.2, 0) is 11.8 Å². The fraction of sp³-hybridized carbons (Fsp3) is 0.357. The molecular formula is C14H19N5O. The van der Waals surface area contributed by atoms with Crippen LogP contribution < -0.4 is 11.1 Å². The zero-order valence-electron chi connectivity index (χ0n) is 11.5. The summed E-state index contributed by atoms with van der Waals surface area (Å²) < 4.78 is 1.85. The molecule has 0 bridgehead atoms. The number of nitrogens with one attached hydrogen (secondary N) is 1. The number of carbonyl (C=O) groups excluding carboxylic acids is 1. The predicted molar refractivity (Wildman–Crippen MR) is 78.0 cm³/mol. The van der Waals surface area contributed by atoms with Gasteiger partial charge in [0.25, 0.3) is 0 Å². The third-order valence-electron chi connectivity index (χ3n) is 3.00. The first kappa shape index (κ1) is 14.2. The van der Waals surface area contributed by atoms with Crippen molar-refractivity contribution >= 4 is 11.6 Å². The number of hydrogen-bond acceptors (Lipinski definition) is 4. The number of unbranched alkanes of at least 4 members (excludes halogenated alkanes) is 1. The number of anilines is 1. The first-order chi connectivity index (χ1) is 9.70. The second-order valence-electron chi connectivity index (χ2n) is 4.64. The molecule has 0 atom stereocenters. The second kappa shape index (κ2) is 6.81. The Hall–Kier alpha value is -2.21. The minimum absolute atomic E-state index is 0.0184. The van der Waals surface area contributed by atoms with E-state index in [1.165, 1.54) is 0 Å². The molecule has 6 nitrogen and oxygen atoms in total.